The van der Waals surface area contributed by atoms with Crippen LogP contribution >= 0.6 is 0 Å². The molecule has 0 spiro atoms. The van der Waals surface area contributed by atoms with E-state index in [0.717, 1.165) is 5.56 Å². The number of rotatable bonds is 9. The highest BCUT2D eigenvalue weighted by atomic mass is 32.2. The van der Waals surface area contributed by atoms with Gasteiger partial charge in [0.1, 0.15) is 11.8 Å². The monoisotopic (exact) mass is 445 g/mol. The van der Waals surface area contributed by atoms with Crippen LogP contribution in [0, 0.1) is 5.92 Å². The molecule has 10 heteroatoms. The normalized spacial score (nSPS) is 12.5. The van der Waals surface area contributed by atoms with Gasteiger partial charge in [-0.05, 0) is 42.3 Å². The molecule has 3 rings (SSSR count). The van der Waals surface area contributed by atoms with Crippen molar-refractivity contribution >= 4 is 16.0 Å². The number of carbonyl (C=O) groups is 1. The van der Waals surface area contributed by atoms with Gasteiger partial charge < -0.3 is 13.9 Å². The molecule has 2 aromatic carbocycles. The van der Waals surface area contributed by atoms with Gasteiger partial charge in [-0.25, -0.2) is 8.42 Å². The van der Waals surface area contributed by atoms with E-state index in [-0.39, 0.29) is 23.3 Å². The molecule has 164 valence electrons. The van der Waals surface area contributed by atoms with Crippen molar-refractivity contribution < 1.29 is 27.1 Å². The molecule has 31 heavy (non-hydrogen) atoms. The van der Waals surface area contributed by atoms with E-state index in [0.29, 0.717) is 11.6 Å². The molecule has 0 radical (unpaired) electrons. The predicted octanol–water partition coefficient (Wildman–Crippen LogP) is 2.79. The summed E-state index contributed by atoms with van der Waals surface area (Å²) in [6.07, 6.45) is 0. The van der Waals surface area contributed by atoms with Crippen molar-refractivity contribution in [3.63, 3.8) is 0 Å². The zero-order valence-electron chi connectivity index (χ0n) is 17.3. The van der Waals surface area contributed by atoms with E-state index in [9.17, 15) is 13.2 Å². The van der Waals surface area contributed by atoms with Gasteiger partial charge in [-0.1, -0.05) is 32.0 Å². The Morgan fingerprint density at radius 3 is 2.35 bits per heavy atom. The molecule has 0 aliphatic rings. The molecule has 0 aliphatic heterocycles. The van der Waals surface area contributed by atoms with E-state index in [4.69, 9.17) is 13.9 Å². The van der Waals surface area contributed by atoms with Crippen molar-refractivity contribution in [1.29, 1.82) is 0 Å². The molecule has 1 aromatic heterocycles. The van der Waals surface area contributed by atoms with Gasteiger partial charge in [-0.15, -0.1) is 10.2 Å². The Morgan fingerprint density at radius 2 is 1.74 bits per heavy atom. The van der Waals surface area contributed by atoms with E-state index >= 15 is 0 Å². The SMILES string of the molecule is COc1ccc(S(=O)(=O)NC(C(=O)OCc2nnc(-c3ccccc3)o2)C(C)C)cc1. The van der Waals surface area contributed by atoms with Crippen molar-refractivity contribution in [2.24, 2.45) is 5.92 Å². The summed E-state index contributed by atoms with van der Waals surface area (Å²) in [5.41, 5.74) is 0.736. The zero-order chi connectivity index (χ0) is 22.4. The Hall–Kier alpha value is -3.24. The zero-order valence-corrected chi connectivity index (χ0v) is 18.1. The fraction of sp³-hybridized carbons (Fsp3) is 0.286. The molecule has 0 bridgehead atoms. The van der Waals surface area contributed by atoms with Crippen LogP contribution in [0.2, 0.25) is 0 Å². The second kappa shape index (κ2) is 9.71. The highest BCUT2D eigenvalue weighted by Gasteiger charge is 2.30. The standard InChI is InChI=1S/C21H23N3O6S/c1-14(2)19(24-31(26,27)17-11-9-16(28-3)10-12-17)21(25)29-13-18-22-23-20(30-18)15-7-5-4-6-8-15/h4-12,14,19,24H,13H2,1-3H3. The lowest BCUT2D eigenvalue weighted by Gasteiger charge is -2.20. The van der Waals surface area contributed by atoms with Crippen LogP contribution in [0.3, 0.4) is 0 Å². The number of nitrogens with one attached hydrogen (secondary N) is 1. The average molecular weight is 445 g/mol. The summed E-state index contributed by atoms with van der Waals surface area (Å²) in [5, 5.41) is 7.79. The van der Waals surface area contributed by atoms with E-state index in [2.05, 4.69) is 14.9 Å². The summed E-state index contributed by atoms with van der Waals surface area (Å²) in [6.45, 7) is 3.15. The van der Waals surface area contributed by atoms with Crippen LogP contribution in [0.1, 0.15) is 19.7 Å². The van der Waals surface area contributed by atoms with Crippen LogP contribution in [-0.2, 0) is 26.2 Å². The van der Waals surface area contributed by atoms with Crippen LogP contribution in [0.25, 0.3) is 11.5 Å². The highest BCUT2D eigenvalue weighted by Crippen LogP contribution is 2.19. The Balaban J connectivity index is 1.66. The summed E-state index contributed by atoms with van der Waals surface area (Å²) >= 11 is 0. The van der Waals surface area contributed by atoms with Gasteiger partial charge in [0.05, 0.1) is 12.0 Å². The van der Waals surface area contributed by atoms with E-state index in [1.807, 2.05) is 30.3 Å². The number of methoxy groups -OCH3 is 1. The van der Waals surface area contributed by atoms with Crippen LogP contribution in [0.4, 0.5) is 0 Å². The number of hydrogen-bond acceptors (Lipinski definition) is 8. The molecule has 0 amide bonds. The number of carbonyl (C=O) groups excluding carboxylic acids is 1. The molecule has 0 saturated heterocycles. The van der Waals surface area contributed by atoms with E-state index in [1.165, 1.54) is 31.4 Å². The van der Waals surface area contributed by atoms with Crippen molar-refractivity contribution in [3.05, 3.63) is 60.5 Å². The fourth-order valence-electron chi connectivity index (χ4n) is 2.68. The van der Waals surface area contributed by atoms with Gasteiger partial charge in [0, 0.05) is 5.56 Å². The molecule has 9 nitrogen and oxygen atoms in total. The summed E-state index contributed by atoms with van der Waals surface area (Å²) in [4.78, 5) is 12.6. The third kappa shape index (κ3) is 5.68. The first-order chi connectivity index (χ1) is 14.8. The van der Waals surface area contributed by atoms with Gasteiger partial charge in [-0.2, -0.15) is 4.72 Å². The lowest BCUT2D eigenvalue weighted by molar-refractivity contribution is -0.148. The van der Waals surface area contributed by atoms with Crippen molar-refractivity contribution in [1.82, 2.24) is 14.9 Å². The maximum Gasteiger partial charge on any atom is 0.324 e. The fourth-order valence-corrected chi connectivity index (χ4v) is 4.01. The van der Waals surface area contributed by atoms with Gasteiger partial charge in [0.25, 0.3) is 5.89 Å². The first-order valence-electron chi connectivity index (χ1n) is 9.51. The molecule has 1 atom stereocenters. The highest BCUT2D eigenvalue weighted by molar-refractivity contribution is 7.89. The third-order valence-electron chi connectivity index (χ3n) is 4.40. The van der Waals surface area contributed by atoms with Crippen molar-refractivity contribution in [3.8, 4) is 17.2 Å². The van der Waals surface area contributed by atoms with Crippen molar-refractivity contribution in [2.45, 2.75) is 31.4 Å². The Kier molecular flexibility index (Phi) is 7.03. The molecule has 1 unspecified atom stereocenters. The van der Waals surface area contributed by atoms with Gasteiger partial charge >= 0.3 is 5.97 Å². The topological polar surface area (TPSA) is 121 Å². The minimum Gasteiger partial charge on any atom is -0.497 e. The molecule has 1 heterocycles. The van der Waals surface area contributed by atoms with Crippen molar-refractivity contribution in [2.75, 3.05) is 7.11 Å². The summed E-state index contributed by atoms with van der Waals surface area (Å²) in [6, 6.07) is 13.9. The maximum atomic E-state index is 12.7. The summed E-state index contributed by atoms with van der Waals surface area (Å²) in [5.74, 6) is -0.178. The van der Waals surface area contributed by atoms with Gasteiger partial charge in [0.2, 0.25) is 15.9 Å². The number of hydrogen-bond donors (Lipinski definition) is 1. The number of aromatic nitrogens is 2. The lowest BCUT2D eigenvalue weighted by Crippen LogP contribution is -2.45. The minimum absolute atomic E-state index is 0.0103. The first kappa shape index (κ1) is 22.4. The third-order valence-corrected chi connectivity index (χ3v) is 5.85. The quantitative estimate of drug-likeness (QED) is 0.499. The Morgan fingerprint density at radius 1 is 1.06 bits per heavy atom. The average Bonchev–Trinajstić information content (AvgIpc) is 3.25. The lowest BCUT2D eigenvalue weighted by atomic mass is 10.1. The second-order valence-corrected chi connectivity index (χ2v) is 8.71. The smallest absolute Gasteiger partial charge is 0.324 e. The molecular formula is C21H23N3O6S. The first-order valence-corrected chi connectivity index (χ1v) is 11.0. The maximum absolute atomic E-state index is 12.7. The molecule has 0 aliphatic carbocycles. The van der Waals surface area contributed by atoms with E-state index < -0.39 is 22.0 Å². The minimum atomic E-state index is -3.95. The number of benzene rings is 2. The molecule has 1 N–H and O–H groups in total. The van der Waals surface area contributed by atoms with Crippen LogP contribution < -0.4 is 9.46 Å². The Labute approximate surface area is 180 Å². The summed E-state index contributed by atoms with van der Waals surface area (Å²) in [7, 11) is -2.46. The van der Waals surface area contributed by atoms with E-state index in [1.54, 1.807) is 13.8 Å². The predicted molar refractivity (Wildman–Crippen MR) is 111 cm³/mol. The largest absolute Gasteiger partial charge is 0.497 e. The van der Waals surface area contributed by atoms with Crippen LogP contribution in [0.5, 0.6) is 5.75 Å². The Bertz CT molecular complexity index is 1110. The summed E-state index contributed by atoms with van der Waals surface area (Å²) < 4.78 is 43.5. The number of sulfonamides is 1. The van der Waals surface area contributed by atoms with Gasteiger partial charge in [0.15, 0.2) is 6.61 Å². The molecule has 0 fully saturated rings. The van der Waals surface area contributed by atoms with Crippen LogP contribution in [0.15, 0.2) is 63.9 Å². The van der Waals surface area contributed by atoms with Gasteiger partial charge in [-0.3, -0.25) is 4.79 Å². The number of esters is 1. The number of nitrogens with zero attached hydrogens (tertiary/aromatic N) is 2. The molecule has 3 aromatic rings. The molecule has 0 saturated carbocycles. The molecular weight excluding hydrogens is 422 g/mol. The number of ether oxygens (including phenoxy) is 2. The second-order valence-electron chi connectivity index (χ2n) is 6.99. The van der Waals surface area contributed by atoms with Crippen LogP contribution in [-0.4, -0.2) is 37.7 Å².